The van der Waals surface area contributed by atoms with E-state index in [-0.39, 0.29) is 0 Å². The molecule has 1 unspecified atom stereocenters. The summed E-state index contributed by atoms with van der Waals surface area (Å²) in [5.74, 6) is 1.03. The van der Waals surface area contributed by atoms with Gasteiger partial charge in [-0.05, 0) is 19.2 Å². The van der Waals surface area contributed by atoms with E-state index in [1.54, 1.807) is 6.26 Å². The number of nitrogens with one attached hydrogen (secondary N) is 1. The van der Waals surface area contributed by atoms with Crippen LogP contribution in [0.5, 0.6) is 0 Å². The van der Waals surface area contributed by atoms with Gasteiger partial charge in [0.2, 0.25) is 0 Å². The van der Waals surface area contributed by atoms with Gasteiger partial charge in [0.05, 0.1) is 25.5 Å². The van der Waals surface area contributed by atoms with Crippen LogP contribution < -0.4 is 5.32 Å². The molecule has 1 aromatic heterocycles. The lowest BCUT2D eigenvalue weighted by molar-refractivity contribution is -0.0309. The first-order valence-electron chi connectivity index (χ1n) is 5.39. The zero-order valence-electron chi connectivity index (χ0n) is 9.11. The van der Waals surface area contributed by atoms with Gasteiger partial charge in [0, 0.05) is 19.6 Å². The number of hydrogen-bond acceptors (Lipinski definition) is 4. The second-order valence-electron chi connectivity index (χ2n) is 3.86. The highest BCUT2D eigenvalue weighted by Crippen LogP contribution is 2.10. The van der Waals surface area contributed by atoms with E-state index in [1.165, 1.54) is 0 Å². The molecule has 4 heteroatoms. The van der Waals surface area contributed by atoms with Crippen molar-refractivity contribution in [2.24, 2.45) is 0 Å². The molecule has 0 bridgehead atoms. The van der Waals surface area contributed by atoms with Crippen molar-refractivity contribution < 1.29 is 9.15 Å². The number of nitrogens with zero attached hydrogens (tertiary/aromatic N) is 1. The average Bonchev–Trinajstić information content (AvgIpc) is 2.71. The molecule has 2 rings (SSSR count). The Morgan fingerprint density at radius 2 is 2.53 bits per heavy atom. The van der Waals surface area contributed by atoms with E-state index in [2.05, 4.69) is 10.2 Å². The fraction of sp³-hybridized carbons (Fsp3) is 0.636. The van der Waals surface area contributed by atoms with Crippen LogP contribution in [0.15, 0.2) is 22.8 Å². The van der Waals surface area contributed by atoms with Gasteiger partial charge in [-0.1, -0.05) is 0 Å². The maximum Gasteiger partial charge on any atom is 0.117 e. The normalized spacial score (nSPS) is 23.1. The minimum Gasteiger partial charge on any atom is -0.468 e. The van der Waals surface area contributed by atoms with Crippen molar-refractivity contribution in [2.75, 3.05) is 33.3 Å². The van der Waals surface area contributed by atoms with Gasteiger partial charge in [0.25, 0.3) is 0 Å². The largest absolute Gasteiger partial charge is 0.468 e. The third-order valence-corrected chi connectivity index (χ3v) is 2.61. The van der Waals surface area contributed by atoms with Crippen molar-refractivity contribution in [2.45, 2.75) is 12.6 Å². The van der Waals surface area contributed by atoms with Gasteiger partial charge in [0.1, 0.15) is 5.76 Å². The first-order valence-corrected chi connectivity index (χ1v) is 5.39. The zero-order chi connectivity index (χ0) is 10.5. The molecule has 0 aromatic carbocycles. The highest BCUT2D eigenvalue weighted by atomic mass is 16.5. The van der Waals surface area contributed by atoms with Crippen LogP contribution in [0, 0.1) is 0 Å². The molecule has 84 valence electrons. The SMILES string of the molecule is CNCC1CN(Cc2ccco2)CCO1. The molecule has 1 aliphatic rings. The average molecular weight is 210 g/mol. The molecule has 1 N–H and O–H groups in total. The molecule has 0 spiro atoms. The topological polar surface area (TPSA) is 37.6 Å². The zero-order valence-corrected chi connectivity index (χ0v) is 9.11. The Labute approximate surface area is 90.2 Å². The molecule has 1 aliphatic heterocycles. The van der Waals surface area contributed by atoms with Crippen LogP contribution in [0.3, 0.4) is 0 Å². The number of hydrogen-bond donors (Lipinski definition) is 1. The molecule has 1 fully saturated rings. The Morgan fingerprint density at radius 3 is 3.27 bits per heavy atom. The van der Waals surface area contributed by atoms with Crippen LogP contribution in [0.4, 0.5) is 0 Å². The Morgan fingerprint density at radius 1 is 1.60 bits per heavy atom. The number of likely N-dealkylation sites (N-methyl/N-ethyl adjacent to an activating group) is 1. The molecule has 15 heavy (non-hydrogen) atoms. The molecule has 2 heterocycles. The van der Waals surface area contributed by atoms with Gasteiger partial charge >= 0.3 is 0 Å². The third kappa shape index (κ3) is 3.06. The van der Waals surface area contributed by atoms with Crippen molar-refractivity contribution in [1.29, 1.82) is 0 Å². The number of rotatable bonds is 4. The predicted octanol–water partition coefficient (Wildman–Crippen LogP) is 0.700. The summed E-state index contributed by atoms with van der Waals surface area (Å²) >= 11 is 0. The van der Waals surface area contributed by atoms with E-state index in [0.29, 0.717) is 6.10 Å². The lowest BCUT2D eigenvalue weighted by Gasteiger charge is -2.32. The molecule has 1 aromatic rings. The first-order chi connectivity index (χ1) is 7.38. The third-order valence-electron chi connectivity index (χ3n) is 2.61. The van der Waals surface area contributed by atoms with Crippen LogP contribution in [-0.2, 0) is 11.3 Å². The second-order valence-corrected chi connectivity index (χ2v) is 3.86. The molecule has 0 amide bonds. The Balaban J connectivity index is 1.82. The van der Waals surface area contributed by atoms with Crippen LogP contribution in [-0.4, -0.2) is 44.3 Å². The van der Waals surface area contributed by atoms with Crippen molar-refractivity contribution in [3.05, 3.63) is 24.2 Å². The Hall–Kier alpha value is -0.840. The summed E-state index contributed by atoms with van der Waals surface area (Å²) in [7, 11) is 1.95. The Bertz CT molecular complexity index is 272. The smallest absolute Gasteiger partial charge is 0.117 e. The van der Waals surface area contributed by atoms with Gasteiger partial charge in [0.15, 0.2) is 0 Å². The molecule has 0 saturated carbocycles. The fourth-order valence-electron chi connectivity index (χ4n) is 1.90. The second kappa shape index (κ2) is 5.30. The predicted molar refractivity (Wildman–Crippen MR) is 57.7 cm³/mol. The van der Waals surface area contributed by atoms with Gasteiger partial charge < -0.3 is 14.5 Å². The molecule has 0 aliphatic carbocycles. The van der Waals surface area contributed by atoms with Gasteiger partial charge in [-0.25, -0.2) is 0 Å². The van der Waals surface area contributed by atoms with Gasteiger partial charge in [-0.15, -0.1) is 0 Å². The minimum atomic E-state index is 0.304. The fourth-order valence-corrected chi connectivity index (χ4v) is 1.90. The number of ether oxygens (including phenoxy) is 1. The maximum absolute atomic E-state index is 5.63. The lowest BCUT2D eigenvalue weighted by Crippen LogP contribution is -2.45. The van der Waals surface area contributed by atoms with Crippen molar-refractivity contribution in [3.8, 4) is 0 Å². The molecule has 1 saturated heterocycles. The summed E-state index contributed by atoms with van der Waals surface area (Å²) in [5, 5.41) is 3.14. The van der Waals surface area contributed by atoms with E-state index in [1.807, 2.05) is 19.2 Å². The molecule has 0 radical (unpaired) electrons. The molecule has 4 nitrogen and oxygen atoms in total. The quantitative estimate of drug-likeness (QED) is 0.794. The first kappa shape index (κ1) is 10.7. The number of morpholine rings is 1. The highest BCUT2D eigenvalue weighted by Gasteiger charge is 2.20. The van der Waals surface area contributed by atoms with E-state index in [0.717, 1.165) is 38.5 Å². The van der Waals surface area contributed by atoms with Gasteiger partial charge in [-0.3, -0.25) is 4.90 Å². The van der Waals surface area contributed by atoms with Crippen molar-refractivity contribution in [3.63, 3.8) is 0 Å². The monoisotopic (exact) mass is 210 g/mol. The minimum absolute atomic E-state index is 0.304. The van der Waals surface area contributed by atoms with E-state index < -0.39 is 0 Å². The summed E-state index contributed by atoms with van der Waals surface area (Å²) in [6.45, 7) is 4.57. The number of furan rings is 1. The van der Waals surface area contributed by atoms with Crippen LogP contribution >= 0.6 is 0 Å². The summed E-state index contributed by atoms with van der Waals surface area (Å²) in [6, 6.07) is 3.95. The van der Waals surface area contributed by atoms with E-state index >= 15 is 0 Å². The van der Waals surface area contributed by atoms with Crippen LogP contribution in [0.25, 0.3) is 0 Å². The molecular formula is C11H18N2O2. The molecular weight excluding hydrogens is 192 g/mol. The summed E-state index contributed by atoms with van der Waals surface area (Å²) in [6.07, 6.45) is 2.03. The van der Waals surface area contributed by atoms with Crippen LogP contribution in [0.2, 0.25) is 0 Å². The maximum atomic E-state index is 5.63. The Kier molecular flexibility index (Phi) is 3.77. The van der Waals surface area contributed by atoms with E-state index in [4.69, 9.17) is 9.15 Å². The summed E-state index contributed by atoms with van der Waals surface area (Å²) in [4.78, 5) is 2.37. The summed E-state index contributed by atoms with van der Waals surface area (Å²) in [5.41, 5.74) is 0. The summed E-state index contributed by atoms with van der Waals surface area (Å²) < 4.78 is 11.0. The van der Waals surface area contributed by atoms with E-state index in [9.17, 15) is 0 Å². The standard InChI is InChI=1S/C11H18N2O2/c1-12-7-11-9-13(4-6-15-11)8-10-3-2-5-14-10/h2-3,5,11-12H,4,6-9H2,1H3. The van der Waals surface area contributed by atoms with Gasteiger partial charge in [-0.2, -0.15) is 0 Å². The van der Waals surface area contributed by atoms with Crippen LogP contribution in [0.1, 0.15) is 5.76 Å². The lowest BCUT2D eigenvalue weighted by atomic mass is 10.2. The van der Waals surface area contributed by atoms with Crippen molar-refractivity contribution in [1.82, 2.24) is 10.2 Å². The highest BCUT2D eigenvalue weighted by molar-refractivity contribution is 4.98. The van der Waals surface area contributed by atoms with Crippen molar-refractivity contribution >= 4 is 0 Å². The molecule has 1 atom stereocenters.